The standard InChI is InChI=1S/C75H142O17P2/c1-7-9-11-13-15-17-19-21-23-25-27-29-33-41-47-53-59-74(79)91-70(63-85-72(77)57-51-45-39-32-28-26-24-22-20-18-16-14-12-10-8-2)65-89-93(81,82)87-61-69(76)62-88-94(83,84)90-66-71(64-86-73(78)58-52-46-40-36-35-38-44-50-56-68(5)6)92-75(80)60-54-48-42-34-30-31-37-43-49-55-67(3)4/h18,20,22,24,67-71,76H,7-17,19,21,23,25-66H2,1-6H3,(H,81,82)(H,83,84)/b20-18-,24-22-/t69-,70-,71-/m1/s1. The molecule has 0 saturated carbocycles. The number of phosphoric acid groups is 2. The predicted octanol–water partition coefficient (Wildman–Crippen LogP) is 21.5. The fourth-order valence-electron chi connectivity index (χ4n) is 10.9. The zero-order valence-corrected chi connectivity index (χ0v) is 62.5. The van der Waals surface area contributed by atoms with Crippen LogP contribution in [0, 0.1) is 11.8 Å². The summed E-state index contributed by atoms with van der Waals surface area (Å²) in [5.74, 6) is -0.689. The third-order valence-corrected chi connectivity index (χ3v) is 18.7. The van der Waals surface area contributed by atoms with Gasteiger partial charge in [0.05, 0.1) is 26.4 Å². The normalized spacial score (nSPS) is 14.2. The van der Waals surface area contributed by atoms with Gasteiger partial charge in [-0.2, -0.15) is 0 Å². The Kier molecular flexibility index (Phi) is 64.7. The van der Waals surface area contributed by atoms with E-state index in [0.29, 0.717) is 25.7 Å². The van der Waals surface area contributed by atoms with Crippen LogP contribution in [0.4, 0.5) is 0 Å². The second kappa shape index (κ2) is 66.4. The third kappa shape index (κ3) is 68.1. The molecule has 0 aliphatic carbocycles. The summed E-state index contributed by atoms with van der Waals surface area (Å²) in [4.78, 5) is 72.7. The highest BCUT2D eigenvalue weighted by atomic mass is 31.2. The number of carbonyl (C=O) groups is 4. The van der Waals surface area contributed by atoms with Gasteiger partial charge in [-0.1, -0.05) is 310 Å². The van der Waals surface area contributed by atoms with Crippen LogP contribution >= 0.6 is 15.6 Å². The SMILES string of the molecule is CCCCCC/C=C\C=C/CCCCCCCC(=O)OC[C@H](COP(=O)(O)OC[C@@H](O)COP(=O)(O)OC[C@@H](COC(=O)CCCCCCCCCCC(C)C)OC(=O)CCCCCCCCCCCC(C)C)OC(=O)CCCCCCCCCCCCCCCCCC. The molecule has 0 radical (unpaired) electrons. The molecule has 0 aromatic carbocycles. The summed E-state index contributed by atoms with van der Waals surface area (Å²) in [6, 6.07) is 0. The molecule has 17 nitrogen and oxygen atoms in total. The van der Waals surface area contributed by atoms with Crippen LogP contribution in [0.3, 0.4) is 0 Å². The minimum absolute atomic E-state index is 0.101. The largest absolute Gasteiger partial charge is 0.472 e. The van der Waals surface area contributed by atoms with E-state index in [9.17, 15) is 43.2 Å². The van der Waals surface area contributed by atoms with Gasteiger partial charge >= 0.3 is 39.5 Å². The van der Waals surface area contributed by atoms with Crippen molar-refractivity contribution in [1.82, 2.24) is 0 Å². The highest BCUT2D eigenvalue weighted by Crippen LogP contribution is 2.45. The van der Waals surface area contributed by atoms with Crippen molar-refractivity contribution in [3.05, 3.63) is 24.3 Å². The molecular formula is C75H142O17P2. The summed E-state index contributed by atoms with van der Waals surface area (Å²) in [5.41, 5.74) is 0. The lowest BCUT2D eigenvalue weighted by atomic mass is 10.0. The molecule has 554 valence electrons. The molecule has 0 fully saturated rings. The molecule has 3 N–H and O–H groups in total. The Morgan fingerprint density at radius 2 is 0.574 bits per heavy atom. The number of carbonyl (C=O) groups excluding carboxylic acids is 4. The van der Waals surface area contributed by atoms with Gasteiger partial charge in [-0.05, 0) is 63.2 Å². The Labute approximate surface area is 573 Å². The maximum Gasteiger partial charge on any atom is 0.472 e. The van der Waals surface area contributed by atoms with Gasteiger partial charge in [-0.3, -0.25) is 37.3 Å². The number of hydrogen-bond acceptors (Lipinski definition) is 15. The Balaban J connectivity index is 5.29. The van der Waals surface area contributed by atoms with Crippen molar-refractivity contribution < 1.29 is 80.2 Å². The van der Waals surface area contributed by atoms with E-state index in [-0.39, 0.29) is 25.7 Å². The zero-order chi connectivity index (χ0) is 69.3. The molecule has 5 atom stereocenters. The topological polar surface area (TPSA) is 237 Å². The summed E-state index contributed by atoms with van der Waals surface area (Å²) in [7, 11) is -9.92. The number of allylic oxidation sites excluding steroid dienone is 4. The van der Waals surface area contributed by atoms with Crippen LogP contribution in [0.5, 0.6) is 0 Å². The average molecular weight is 1380 g/mol. The molecule has 0 spiro atoms. The van der Waals surface area contributed by atoms with E-state index in [1.165, 1.54) is 161 Å². The number of aliphatic hydroxyl groups excluding tert-OH is 1. The first-order chi connectivity index (χ1) is 45.4. The Morgan fingerprint density at radius 3 is 0.872 bits per heavy atom. The van der Waals surface area contributed by atoms with Gasteiger partial charge in [0.1, 0.15) is 19.3 Å². The molecule has 94 heavy (non-hydrogen) atoms. The molecular weight excluding hydrogens is 1230 g/mol. The van der Waals surface area contributed by atoms with Gasteiger partial charge in [0, 0.05) is 25.7 Å². The molecule has 0 bridgehead atoms. The van der Waals surface area contributed by atoms with E-state index in [0.717, 1.165) is 121 Å². The predicted molar refractivity (Wildman–Crippen MR) is 381 cm³/mol. The lowest BCUT2D eigenvalue weighted by Gasteiger charge is -2.21. The van der Waals surface area contributed by atoms with Crippen molar-refractivity contribution in [3.63, 3.8) is 0 Å². The highest BCUT2D eigenvalue weighted by molar-refractivity contribution is 7.47. The van der Waals surface area contributed by atoms with Gasteiger partial charge in [0.15, 0.2) is 12.2 Å². The van der Waals surface area contributed by atoms with Gasteiger partial charge < -0.3 is 33.8 Å². The summed E-state index contributed by atoms with van der Waals surface area (Å²) < 4.78 is 68.4. The van der Waals surface area contributed by atoms with Crippen molar-refractivity contribution in [2.45, 2.75) is 381 Å². The van der Waals surface area contributed by atoms with Gasteiger partial charge in [0.25, 0.3) is 0 Å². The first kappa shape index (κ1) is 91.5. The summed E-state index contributed by atoms with van der Waals surface area (Å²) in [5, 5.41) is 10.6. The van der Waals surface area contributed by atoms with Crippen molar-refractivity contribution in [2.75, 3.05) is 39.6 Å². The number of aliphatic hydroxyl groups is 1. The van der Waals surface area contributed by atoms with Gasteiger partial charge in [0.2, 0.25) is 0 Å². The Hall–Kier alpha value is -2.46. The summed E-state index contributed by atoms with van der Waals surface area (Å²) in [6.45, 7) is 9.46. The molecule has 2 unspecified atom stereocenters. The quantitative estimate of drug-likeness (QED) is 0.0169. The number of rotatable bonds is 72. The van der Waals surface area contributed by atoms with Crippen LogP contribution < -0.4 is 0 Å². The molecule has 0 aromatic heterocycles. The van der Waals surface area contributed by atoms with Crippen molar-refractivity contribution >= 4 is 39.5 Å². The maximum atomic E-state index is 13.1. The summed E-state index contributed by atoms with van der Waals surface area (Å²) in [6.07, 6.45) is 56.3. The Bertz CT molecular complexity index is 1910. The monoisotopic (exact) mass is 1380 g/mol. The molecule has 0 heterocycles. The third-order valence-electron chi connectivity index (χ3n) is 16.8. The van der Waals surface area contributed by atoms with Gasteiger partial charge in [-0.25, -0.2) is 9.13 Å². The molecule has 0 amide bonds. The first-order valence-electron chi connectivity index (χ1n) is 38.3. The highest BCUT2D eigenvalue weighted by Gasteiger charge is 2.30. The lowest BCUT2D eigenvalue weighted by Crippen LogP contribution is -2.30. The molecule has 0 aliphatic rings. The van der Waals surface area contributed by atoms with Crippen LogP contribution in [-0.4, -0.2) is 96.7 Å². The van der Waals surface area contributed by atoms with E-state index in [4.69, 9.17) is 37.0 Å². The summed E-state index contributed by atoms with van der Waals surface area (Å²) >= 11 is 0. The fourth-order valence-corrected chi connectivity index (χ4v) is 12.5. The molecule has 0 aliphatic heterocycles. The number of unbranched alkanes of at least 4 members (excludes halogenated alkanes) is 39. The maximum absolute atomic E-state index is 13.1. The molecule has 0 rings (SSSR count). The molecule has 0 saturated heterocycles. The smallest absolute Gasteiger partial charge is 0.462 e. The number of esters is 4. The Morgan fingerprint density at radius 1 is 0.330 bits per heavy atom. The zero-order valence-electron chi connectivity index (χ0n) is 60.7. The average Bonchev–Trinajstić information content (AvgIpc) is 3.40. The molecule has 19 heteroatoms. The van der Waals surface area contributed by atoms with Crippen molar-refractivity contribution in [1.29, 1.82) is 0 Å². The van der Waals surface area contributed by atoms with E-state index >= 15 is 0 Å². The van der Waals surface area contributed by atoms with E-state index in [1.54, 1.807) is 0 Å². The van der Waals surface area contributed by atoms with E-state index in [1.807, 2.05) is 0 Å². The molecule has 0 aromatic rings. The second-order valence-electron chi connectivity index (χ2n) is 27.3. The van der Waals surface area contributed by atoms with Crippen LogP contribution in [0.15, 0.2) is 24.3 Å². The van der Waals surface area contributed by atoms with E-state index < -0.39 is 97.5 Å². The lowest BCUT2D eigenvalue weighted by molar-refractivity contribution is -0.161. The van der Waals surface area contributed by atoms with Crippen LogP contribution in [0.1, 0.15) is 363 Å². The number of hydrogen-bond donors (Lipinski definition) is 3. The number of ether oxygens (including phenoxy) is 4. The van der Waals surface area contributed by atoms with Crippen LogP contribution in [-0.2, 0) is 65.4 Å². The van der Waals surface area contributed by atoms with Crippen LogP contribution in [0.25, 0.3) is 0 Å². The van der Waals surface area contributed by atoms with Crippen molar-refractivity contribution in [3.8, 4) is 0 Å². The second-order valence-corrected chi connectivity index (χ2v) is 30.2. The van der Waals surface area contributed by atoms with E-state index in [2.05, 4.69) is 65.8 Å². The fraction of sp³-hybridized carbons (Fsp3) is 0.893. The van der Waals surface area contributed by atoms with Gasteiger partial charge in [-0.15, -0.1) is 0 Å². The van der Waals surface area contributed by atoms with Crippen LogP contribution in [0.2, 0.25) is 0 Å². The van der Waals surface area contributed by atoms with Crippen molar-refractivity contribution in [2.24, 2.45) is 11.8 Å². The minimum Gasteiger partial charge on any atom is -0.462 e. The first-order valence-corrected chi connectivity index (χ1v) is 41.3. The number of phosphoric ester groups is 2. The minimum atomic E-state index is -4.96.